The third-order valence-electron chi connectivity index (χ3n) is 4.90. The summed E-state index contributed by atoms with van der Waals surface area (Å²) < 4.78 is 5.09. The summed E-state index contributed by atoms with van der Waals surface area (Å²) in [5.41, 5.74) is 2.38. The predicted octanol–water partition coefficient (Wildman–Crippen LogP) is 3.69. The number of ketones is 1. The standard InChI is InChI=1S/C19H30N2O3/c1-5-24-19(23)16-12(2)17(21-13(16)3)18(22)14(4)20-15-10-8-6-7-9-11-15/h14-15,20-21H,5-11H2,1-4H3/t14-/m0/s1. The van der Waals surface area contributed by atoms with Crippen LogP contribution < -0.4 is 5.32 Å². The number of carbonyl (C=O) groups excluding carboxylic acids is 2. The van der Waals surface area contributed by atoms with Crippen LogP contribution in [0.4, 0.5) is 0 Å². The van der Waals surface area contributed by atoms with Crippen molar-refractivity contribution < 1.29 is 14.3 Å². The summed E-state index contributed by atoms with van der Waals surface area (Å²) in [6.07, 6.45) is 7.30. The van der Waals surface area contributed by atoms with E-state index in [1.54, 1.807) is 20.8 Å². The van der Waals surface area contributed by atoms with E-state index in [0.717, 1.165) is 12.8 Å². The van der Waals surface area contributed by atoms with Crippen molar-refractivity contribution >= 4 is 11.8 Å². The van der Waals surface area contributed by atoms with Gasteiger partial charge in [0.1, 0.15) is 0 Å². The van der Waals surface area contributed by atoms with E-state index in [0.29, 0.717) is 35.2 Å². The molecule has 1 aliphatic carbocycles. The van der Waals surface area contributed by atoms with Gasteiger partial charge in [0.25, 0.3) is 0 Å². The maximum atomic E-state index is 12.8. The van der Waals surface area contributed by atoms with Gasteiger partial charge in [-0.2, -0.15) is 0 Å². The molecule has 1 aromatic rings. The first kappa shape index (κ1) is 18.7. The summed E-state index contributed by atoms with van der Waals surface area (Å²) in [4.78, 5) is 28.0. The molecule has 0 aliphatic heterocycles. The maximum Gasteiger partial charge on any atom is 0.340 e. The number of hydrogen-bond acceptors (Lipinski definition) is 4. The first-order valence-corrected chi connectivity index (χ1v) is 9.12. The van der Waals surface area contributed by atoms with Crippen LogP contribution in [0.3, 0.4) is 0 Å². The van der Waals surface area contributed by atoms with E-state index in [-0.39, 0.29) is 17.8 Å². The number of carbonyl (C=O) groups is 2. The third kappa shape index (κ3) is 4.26. The Morgan fingerprint density at radius 3 is 2.42 bits per heavy atom. The normalized spacial score (nSPS) is 17.3. The SMILES string of the molecule is CCOC(=O)c1c(C)[nH]c(C(=O)[C@H](C)NC2CCCCCC2)c1C. The Kier molecular flexibility index (Phi) is 6.60. The molecule has 0 unspecified atom stereocenters. The molecule has 0 radical (unpaired) electrons. The third-order valence-corrected chi connectivity index (χ3v) is 4.90. The summed E-state index contributed by atoms with van der Waals surface area (Å²) >= 11 is 0. The number of esters is 1. The van der Waals surface area contributed by atoms with Crippen LogP contribution in [0.1, 0.15) is 84.5 Å². The number of rotatable bonds is 6. The molecule has 1 aliphatic rings. The summed E-state index contributed by atoms with van der Waals surface area (Å²) in [6, 6.07) is 0.146. The summed E-state index contributed by atoms with van der Waals surface area (Å²) in [5.74, 6) is -0.359. The van der Waals surface area contributed by atoms with Crippen molar-refractivity contribution in [3.63, 3.8) is 0 Å². The second-order valence-electron chi connectivity index (χ2n) is 6.79. The fraction of sp³-hybridized carbons (Fsp3) is 0.684. The van der Waals surface area contributed by atoms with Crippen molar-refractivity contribution in [2.45, 2.75) is 78.3 Å². The Balaban J connectivity index is 2.11. The van der Waals surface area contributed by atoms with E-state index in [2.05, 4.69) is 10.3 Å². The minimum atomic E-state index is -0.368. The lowest BCUT2D eigenvalue weighted by molar-refractivity contribution is 0.0525. The molecule has 0 saturated heterocycles. The van der Waals surface area contributed by atoms with Crippen molar-refractivity contribution in [3.05, 3.63) is 22.5 Å². The number of aromatic nitrogens is 1. The molecule has 134 valence electrons. The molecule has 0 aromatic carbocycles. The zero-order chi connectivity index (χ0) is 17.7. The second kappa shape index (κ2) is 8.47. The number of aryl methyl sites for hydroxylation is 1. The molecule has 0 spiro atoms. The minimum absolute atomic E-state index is 0.00963. The van der Waals surface area contributed by atoms with E-state index in [4.69, 9.17) is 4.74 Å². The Labute approximate surface area is 144 Å². The van der Waals surface area contributed by atoms with E-state index in [1.807, 2.05) is 6.92 Å². The molecule has 1 aromatic heterocycles. The van der Waals surface area contributed by atoms with Crippen LogP contribution in [-0.2, 0) is 4.74 Å². The van der Waals surface area contributed by atoms with Gasteiger partial charge in [-0.1, -0.05) is 25.7 Å². The molecule has 2 rings (SSSR count). The lowest BCUT2D eigenvalue weighted by Gasteiger charge is -2.21. The average molecular weight is 334 g/mol. The smallest absolute Gasteiger partial charge is 0.340 e. The van der Waals surface area contributed by atoms with Crippen LogP contribution in [0.25, 0.3) is 0 Å². The molecule has 5 heteroatoms. The highest BCUT2D eigenvalue weighted by atomic mass is 16.5. The molecular formula is C19H30N2O3. The highest BCUT2D eigenvalue weighted by Crippen LogP contribution is 2.22. The number of nitrogens with one attached hydrogen (secondary N) is 2. The molecule has 0 amide bonds. The Bertz CT molecular complexity index is 584. The van der Waals surface area contributed by atoms with Gasteiger partial charge in [-0.25, -0.2) is 4.79 Å². The molecule has 5 nitrogen and oxygen atoms in total. The van der Waals surface area contributed by atoms with Gasteiger partial charge in [-0.05, 0) is 46.1 Å². The number of H-pyrrole nitrogens is 1. The zero-order valence-electron chi connectivity index (χ0n) is 15.3. The Morgan fingerprint density at radius 1 is 1.21 bits per heavy atom. The monoisotopic (exact) mass is 334 g/mol. The van der Waals surface area contributed by atoms with E-state index in [9.17, 15) is 9.59 Å². The number of hydrogen-bond donors (Lipinski definition) is 2. The number of ether oxygens (including phenoxy) is 1. The van der Waals surface area contributed by atoms with Gasteiger partial charge in [0.2, 0.25) is 0 Å². The van der Waals surface area contributed by atoms with Crippen LogP contribution >= 0.6 is 0 Å². The number of Topliss-reactive ketones (excluding diaryl/α,β-unsaturated/α-hetero) is 1. The molecule has 1 saturated carbocycles. The van der Waals surface area contributed by atoms with Gasteiger partial charge in [0.05, 0.1) is 23.9 Å². The van der Waals surface area contributed by atoms with Crippen LogP contribution in [0.15, 0.2) is 0 Å². The summed E-state index contributed by atoms with van der Waals surface area (Å²) in [7, 11) is 0. The lowest BCUT2D eigenvalue weighted by Crippen LogP contribution is -2.41. The second-order valence-corrected chi connectivity index (χ2v) is 6.79. The van der Waals surface area contributed by atoms with Crippen molar-refractivity contribution in [1.82, 2.24) is 10.3 Å². The average Bonchev–Trinajstić information content (AvgIpc) is 2.70. The summed E-state index contributed by atoms with van der Waals surface area (Å²) in [5, 5.41) is 3.48. The lowest BCUT2D eigenvalue weighted by atomic mass is 10.0. The quantitative estimate of drug-likeness (QED) is 0.473. The fourth-order valence-electron chi connectivity index (χ4n) is 3.60. The first-order valence-electron chi connectivity index (χ1n) is 9.12. The van der Waals surface area contributed by atoms with Gasteiger partial charge in [-0.15, -0.1) is 0 Å². The van der Waals surface area contributed by atoms with Crippen molar-refractivity contribution in [2.75, 3.05) is 6.61 Å². The molecule has 1 atom stereocenters. The minimum Gasteiger partial charge on any atom is -0.462 e. The van der Waals surface area contributed by atoms with Crippen LogP contribution in [0, 0.1) is 13.8 Å². The summed E-state index contributed by atoms with van der Waals surface area (Å²) in [6.45, 7) is 7.62. The van der Waals surface area contributed by atoms with Crippen LogP contribution in [0.5, 0.6) is 0 Å². The van der Waals surface area contributed by atoms with Crippen molar-refractivity contribution in [2.24, 2.45) is 0 Å². The molecular weight excluding hydrogens is 304 g/mol. The molecule has 1 fully saturated rings. The zero-order valence-corrected chi connectivity index (χ0v) is 15.3. The number of aromatic amines is 1. The van der Waals surface area contributed by atoms with Crippen molar-refractivity contribution in [1.29, 1.82) is 0 Å². The van der Waals surface area contributed by atoms with Gasteiger partial charge < -0.3 is 15.0 Å². The molecule has 24 heavy (non-hydrogen) atoms. The largest absolute Gasteiger partial charge is 0.462 e. The van der Waals surface area contributed by atoms with E-state index < -0.39 is 0 Å². The Morgan fingerprint density at radius 2 is 1.83 bits per heavy atom. The maximum absolute atomic E-state index is 12.8. The fourth-order valence-corrected chi connectivity index (χ4v) is 3.60. The highest BCUT2D eigenvalue weighted by molar-refractivity contribution is 6.03. The molecule has 1 heterocycles. The molecule has 2 N–H and O–H groups in total. The van der Waals surface area contributed by atoms with Gasteiger partial charge >= 0.3 is 5.97 Å². The Hall–Kier alpha value is -1.62. The highest BCUT2D eigenvalue weighted by Gasteiger charge is 2.26. The predicted molar refractivity (Wildman–Crippen MR) is 94.6 cm³/mol. The molecule has 0 bridgehead atoms. The van der Waals surface area contributed by atoms with Gasteiger partial charge in [0.15, 0.2) is 5.78 Å². The van der Waals surface area contributed by atoms with Gasteiger partial charge in [0, 0.05) is 11.7 Å². The van der Waals surface area contributed by atoms with Crippen LogP contribution in [0.2, 0.25) is 0 Å². The van der Waals surface area contributed by atoms with E-state index >= 15 is 0 Å². The van der Waals surface area contributed by atoms with E-state index in [1.165, 1.54) is 25.7 Å². The first-order chi connectivity index (χ1) is 11.5. The van der Waals surface area contributed by atoms with Crippen LogP contribution in [-0.4, -0.2) is 35.4 Å². The van der Waals surface area contributed by atoms with Crippen molar-refractivity contribution in [3.8, 4) is 0 Å². The topological polar surface area (TPSA) is 71.2 Å². The van der Waals surface area contributed by atoms with Gasteiger partial charge in [-0.3, -0.25) is 4.79 Å².